The lowest BCUT2D eigenvalue weighted by Gasteiger charge is -2.18. The van der Waals surface area contributed by atoms with Crippen molar-refractivity contribution in [2.24, 2.45) is 0 Å². The van der Waals surface area contributed by atoms with Crippen LogP contribution in [-0.2, 0) is 11.2 Å². The number of benzene rings is 2. The van der Waals surface area contributed by atoms with Gasteiger partial charge in [0.1, 0.15) is 5.75 Å². The second kappa shape index (κ2) is 7.51. The van der Waals surface area contributed by atoms with Crippen molar-refractivity contribution in [3.63, 3.8) is 0 Å². The first-order valence-corrected chi connectivity index (χ1v) is 8.12. The number of anilines is 1. The Morgan fingerprint density at radius 3 is 2.61 bits per heavy atom. The third-order valence-corrected chi connectivity index (χ3v) is 4.03. The second-order valence-corrected chi connectivity index (χ2v) is 6.06. The molecule has 0 aliphatic carbocycles. The Balaban J connectivity index is 2.12. The van der Waals surface area contributed by atoms with E-state index < -0.39 is 6.10 Å². The molecule has 0 bridgehead atoms. The molecule has 4 heteroatoms. The number of nitrogens with one attached hydrogen (secondary N) is 1. The number of carbonyl (C=O) groups excluding carboxylic acids is 1. The van der Waals surface area contributed by atoms with Crippen molar-refractivity contribution < 1.29 is 9.53 Å². The summed E-state index contributed by atoms with van der Waals surface area (Å²) < 4.78 is 5.78. The SMILES string of the molecule is CCc1cccc(C)c1NC(=O)C(C)Oc1ccc(Cl)cc1C. The van der Waals surface area contributed by atoms with Gasteiger partial charge in [-0.25, -0.2) is 0 Å². The third-order valence-electron chi connectivity index (χ3n) is 3.80. The van der Waals surface area contributed by atoms with Crippen LogP contribution in [0.25, 0.3) is 0 Å². The molecule has 0 aliphatic heterocycles. The van der Waals surface area contributed by atoms with E-state index in [1.54, 1.807) is 19.1 Å². The molecular weight excluding hydrogens is 310 g/mol. The van der Waals surface area contributed by atoms with Crippen LogP contribution < -0.4 is 10.1 Å². The molecule has 0 saturated heterocycles. The largest absolute Gasteiger partial charge is 0.481 e. The van der Waals surface area contributed by atoms with Crippen molar-refractivity contribution in [1.29, 1.82) is 0 Å². The van der Waals surface area contributed by atoms with E-state index in [9.17, 15) is 4.79 Å². The van der Waals surface area contributed by atoms with Crippen LogP contribution in [0.2, 0.25) is 5.02 Å². The van der Waals surface area contributed by atoms with Crippen LogP contribution in [0, 0.1) is 13.8 Å². The number of aryl methyl sites for hydroxylation is 3. The fourth-order valence-electron chi connectivity index (χ4n) is 2.42. The van der Waals surface area contributed by atoms with Gasteiger partial charge in [-0.05, 0) is 62.1 Å². The van der Waals surface area contributed by atoms with Gasteiger partial charge in [-0.3, -0.25) is 4.79 Å². The summed E-state index contributed by atoms with van der Waals surface area (Å²) in [6.45, 7) is 7.71. The maximum absolute atomic E-state index is 12.5. The minimum absolute atomic E-state index is 0.164. The molecule has 0 radical (unpaired) electrons. The first-order chi connectivity index (χ1) is 10.9. The van der Waals surface area contributed by atoms with Crippen LogP contribution in [0.4, 0.5) is 5.69 Å². The Morgan fingerprint density at radius 2 is 1.96 bits per heavy atom. The molecule has 0 fully saturated rings. The summed E-state index contributed by atoms with van der Waals surface area (Å²) in [4.78, 5) is 12.5. The van der Waals surface area contributed by atoms with Crippen molar-refractivity contribution >= 4 is 23.2 Å². The van der Waals surface area contributed by atoms with Crippen molar-refractivity contribution in [2.45, 2.75) is 40.2 Å². The number of hydrogen-bond donors (Lipinski definition) is 1. The summed E-state index contributed by atoms with van der Waals surface area (Å²) in [6, 6.07) is 11.4. The standard InChI is InChI=1S/C19H22ClNO2/c1-5-15-8-6-7-12(2)18(15)21-19(22)14(4)23-17-10-9-16(20)11-13(17)3/h6-11,14H,5H2,1-4H3,(H,21,22). The quantitative estimate of drug-likeness (QED) is 0.844. The molecule has 23 heavy (non-hydrogen) atoms. The lowest BCUT2D eigenvalue weighted by Crippen LogP contribution is -2.31. The first-order valence-electron chi connectivity index (χ1n) is 7.74. The van der Waals surface area contributed by atoms with Crippen LogP contribution in [0.1, 0.15) is 30.5 Å². The van der Waals surface area contributed by atoms with Crippen LogP contribution in [0.5, 0.6) is 5.75 Å². The third kappa shape index (κ3) is 4.26. The molecule has 0 aliphatic rings. The Labute approximate surface area is 142 Å². The van der Waals surface area contributed by atoms with E-state index in [1.807, 2.05) is 38.1 Å². The molecule has 1 N–H and O–H groups in total. The van der Waals surface area contributed by atoms with E-state index >= 15 is 0 Å². The summed E-state index contributed by atoms with van der Waals surface area (Å²) in [6.07, 6.45) is 0.266. The van der Waals surface area contributed by atoms with Gasteiger partial charge in [-0.1, -0.05) is 36.7 Å². The van der Waals surface area contributed by atoms with Gasteiger partial charge in [-0.15, -0.1) is 0 Å². The number of hydrogen-bond acceptors (Lipinski definition) is 2. The van der Waals surface area contributed by atoms with E-state index in [0.717, 1.165) is 28.8 Å². The molecule has 1 amide bonds. The zero-order chi connectivity index (χ0) is 17.0. The number of rotatable bonds is 5. The van der Waals surface area contributed by atoms with Gasteiger partial charge < -0.3 is 10.1 Å². The maximum Gasteiger partial charge on any atom is 0.265 e. The first kappa shape index (κ1) is 17.4. The van der Waals surface area contributed by atoms with Crippen molar-refractivity contribution in [3.05, 3.63) is 58.1 Å². The zero-order valence-corrected chi connectivity index (χ0v) is 14.7. The van der Waals surface area contributed by atoms with Gasteiger partial charge in [0.25, 0.3) is 5.91 Å². The fourth-order valence-corrected chi connectivity index (χ4v) is 2.64. The topological polar surface area (TPSA) is 38.3 Å². The van der Waals surface area contributed by atoms with Crippen LogP contribution in [-0.4, -0.2) is 12.0 Å². The number of halogens is 1. The molecule has 0 spiro atoms. The van der Waals surface area contributed by atoms with Crippen molar-refractivity contribution in [3.8, 4) is 5.75 Å². The molecule has 0 heterocycles. The molecule has 0 saturated carbocycles. The van der Waals surface area contributed by atoms with Gasteiger partial charge in [0.15, 0.2) is 6.10 Å². The molecule has 0 aromatic heterocycles. The highest BCUT2D eigenvalue weighted by Gasteiger charge is 2.18. The summed E-state index contributed by atoms with van der Waals surface area (Å²) >= 11 is 5.94. The minimum Gasteiger partial charge on any atom is -0.481 e. The number of carbonyl (C=O) groups is 1. The normalized spacial score (nSPS) is 11.9. The molecule has 2 aromatic carbocycles. The summed E-state index contributed by atoms with van der Waals surface area (Å²) in [5.74, 6) is 0.501. The minimum atomic E-state index is -0.598. The molecule has 122 valence electrons. The van der Waals surface area contributed by atoms with E-state index in [0.29, 0.717) is 10.8 Å². The summed E-state index contributed by atoms with van der Waals surface area (Å²) in [5, 5.41) is 3.64. The van der Waals surface area contributed by atoms with Crippen molar-refractivity contribution in [1.82, 2.24) is 0 Å². The predicted molar refractivity (Wildman–Crippen MR) is 95.5 cm³/mol. The van der Waals surface area contributed by atoms with Crippen LogP contribution in [0.3, 0.4) is 0 Å². The highest BCUT2D eigenvalue weighted by molar-refractivity contribution is 6.30. The average Bonchev–Trinajstić information content (AvgIpc) is 2.51. The maximum atomic E-state index is 12.5. The number of amides is 1. The molecule has 1 unspecified atom stereocenters. The highest BCUT2D eigenvalue weighted by atomic mass is 35.5. The Kier molecular flexibility index (Phi) is 5.67. The smallest absolute Gasteiger partial charge is 0.265 e. The van der Waals surface area contributed by atoms with E-state index in [2.05, 4.69) is 12.2 Å². The second-order valence-electron chi connectivity index (χ2n) is 5.62. The van der Waals surface area contributed by atoms with E-state index in [1.165, 1.54) is 0 Å². The molecule has 2 rings (SSSR count). The number of para-hydroxylation sites is 1. The molecule has 1 atom stereocenters. The van der Waals surface area contributed by atoms with Gasteiger partial charge in [-0.2, -0.15) is 0 Å². The van der Waals surface area contributed by atoms with Gasteiger partial charge in [0.2, 0.25) is 0 Å². The van der Waals surface area contributed by atoms with Gasteiger partial charge in [0, 0.05) is 10.7 Å². The van der Waals surface area contributed by atoms with Crippen LogP contribution >= 0.6 is 11.6 Å². The Bertz CT molecular complexity index is 713. The number of ether oxygens (including phenoxy) is 1. The molecule has 3 nitrogen and oxygen atoms in total. The molecule has 2 aromatic rings. The Hall–Kier alpha value is -2.00. The summed E-state index contributed by atoms with van der Waals surface area (Å²) in [5.41, 5.74) is 3.95. The highest BCUT2D eigenvalue weighted by Crippen LogP contribution is 2.24. The predicted octanol–water partition coefficient (Wildman–Crippen LogP) is 4.93. The zero-order valence-electron chi connectivity index (χ0n) is 13.9. The lowest BCUT2D eigenvalue weighted by molar-refractivity contribution is -0.122. The van der Waals surface area contributed by atoms with E-state index in [-0.39, 0.29) is 5.91 Å². The molecular formula is C19H22ClNO2. The van der Waals surface area contributed by atoms with Gasteiger partial charge >= 0.3 is 0 Å². The van der Waals surface area contributed by atoms with E-state index in [4.69, 9.17) is 16.3 Å². The Morgan fingerprint density at radius 1 is 1.22 bits per heavy atom. The van der Waals surface area contributed by atoms with Gasteiger partial charge in [0.05, 0.1) is 0 Å². The summed E-state index contributed by atoms with van der Waals surface area (Å²) in [7, 11) is 0. The van der Waals surface area contributed by atoms with Crippen molar-refractivity contribution in [2.75, 3.05) is 5.32 Å². The fraction of sp³-hybridized carbons (Fsp3) is 0.316. The monoisotopic (exact) mass is 331 g/mol. The average molecular weight is 332 g/mol. The lowest BCUT2D eigenvalue weighted by atomic mass is 10.1. The van der Waals surface area contributed by atoms with Crippen LogP contribution in [0.15, 0.2) is 36.4 Å².